The number of fused-ring (bicyclic) bond motifs is 1. The Bertz CT molecular complexity index is 589. The summed E-state index contributed by atoms with van der Waals surface area (Å²) in [6.07, 6.45) is 0. The van der Waals surface area contributed by atoms with E-state index >= 15 is 0 Å². The van der Waals surface area contributed by atoms with Gasteiger partial charge in [-0.2, -0.15) is 0 Å². The topological polar surface area (TPSA) is 73.4 Å². The fourth-order valence-electron chi connectivity index (χ4n) is 1.70. The standard InChI is InChI=1S/C12H16N4O2/c1-15(2)11(17)7-16-10-5-4-8(18-3)6-9(10)14-12(16)13/h4-6H,7H2,1-3H3,(H2,13,14). The lowest BCUT2D eigenvalue weighted by molar-refractivity contribution is -0.129. The monoisotopic (exact) mass is 248 g/mol. The summed E-state index contributed by atoms with van der Waals surface area (Å²) in [5, 5.41) is 0. The number of likely N-dealkylation sites (N-methyl/N-ethyl adjacent to an activating group) is 1. The molecule has 1 heterocycles. The summed E-state index contributed by atoms with van der Waals surface area (Å²) < 4.78 is 6.82. The van der Waals surface area contributed by atoms with Gasteiger partial charge in [-0.25, -0.2) is 4.98 Å². The fraction of sp³-hybridized carbons (Fsp3) is 0.333. The van der Waals surface area contributed by atoms with E-state index in [0.29, 0.717) is 11.7 Å². The quantitative estimate of drug-likeness (QED) is 0.868. The van der Waals surface area contributed by atoms with E-state index < -0.39 is 0 Å². The number of ether oxygens (including phenoxy) is 1. The molecule has 18 heavy (non-hydrogen) atoms. The number of methoxy groups -OCH3 is 1. The van der Waals surface area contributed by atoms with Crippen LogP contribution in [0.2, 0.25) is 0 Å². The van der Waals surface area contributed by atoms with Crippen LogP contribution in [-0.4, -0.2) is 41.6 Å². The zero-order valence-electron chi connectivity index (χ0n) is 10.7. The molecular formula is C12H16N4O2. The molecular weight excluding hydrogens is 232 g/mol. The molecule has 1 aromatic heterocycles. The van der Waals surface area contributed by atoms with Crippen molar-refractivity contribution < 1.29 is 9.53 Å². The van der Waals surface area contributed by atoms with Gasteiger partial charge in [-0.1, -0.05) is 0 Å². The first-order valence-corrected chi connectivity index (χ1v) is 5.53. The number of carbonyl (C=O) groups is 1. The number of aromatic nitrogens is 2. The van der Waals surface area contributed by atoms with Gasteiger partial charge in [-0.15, -0.1) is 0 Å². The highest BCUT2D eigenvalue weighted by Gasteiger charge is 2.13. The first-order valence-electron chi connectivity index (χ1n) is 5.53. The summed E-state index contributed by atoms with van der Waals surface area (Å²) in [4.78, 5) is 17.5. The van der Waals surface area contributed by atoms with Crippen LogP contribution in [0.3, 0.4) is 0 Å². The van der Waals surface area contributed by atoms with Crippen LogP contribution in [0.4, 0.5) is 5.95 Å². The molecule has 1 aromatic carbocycles. The maximum absolute atomic E-state index is 11.7. The maximum atomic E-state index is 11.7. The van der Waals surface area contributed by atoms with Crippen LogP contribution >= 0.6 is 0 Å². The minimum atomic E-state index is -0.0307. The van der Waals surface area contributed by atoms with Gasteiger partial charge in [0.25, 0.3) is 0 Å². The smallest absolute Gasteiger partial charge is 0.242 e. The molecule has 0 spiro atoms. The van der Waals surface area contributed by atoms with Crippen LogP contribution in [0.25, 0.3) is 11.0 Å². The van der Waals surface area contributed by atoms with Gasteiger partial charge in [0.05, 0.1) is 18.1 Å². The second kappa shape index (κ2) is 4.56. The number of imidazole rings is 1. The van der Waals surface area contributed by atoms with Gasteiger partial charge in [0, 0.05) is 20.2 Å². The Labute approximate surface area is 105 Å². The summed E-state index contributed by atoms with van der Waals surface area (Å²) >= 11 is 0. The molecule has 0 aliphatic carbocycles. The van der Waals surface area contributed by atoms with Crippen molar-refractivity contribution in [3.8, 4) is 5.75 Å². The average molecular weight is 248 g/mol. The third kappa shape index (κ3) is 2.09. The predicted octanol–water partition coefficient (Wildman–Crippen LogP) is 0.715. The number of nitrogens with two attached hydrogens (primary N) is 1. The first kappa shape index (κ1) is 12.2. The third-order valence-electron chi connectivity index (χ3n) is 2.78. The highest BCUT2D eigenvalue weighted by Crippen LogP contribution is 2.22. The van der Waals surface area contributed by atoms with Gasteiger partial charge in [0.2, 0.25) is 11.9 Å². The zero-order chi connectivity index (χ0) is 13.3. The van der Waals surface area contributed by atoms with Crippen molar-refractivity contribution in [1.82, 2.24) is 14.5 Å². The van der Waals surface area contributed by atoms with Crippen molar-refractivity contribution in [2.45, 2.75) is 6.54 Å². The maximum Gasteiger partial charge on any atom is 0.242 e. The molecule has 0 saturated heterocycles. The molecule has 96 valence electrons. The van der Waals surface area contributed by atoms with Gasteiger partial charge in [0.1, 0.15) is 12.3 Å². The average Bonchev–Trinajstić information content (AvgIpc) is 2.64. The van der Waals surface area contributed by atoms with Crippen molar-refractivity contribution in [3.63, 3.8) is 0 Å². The number of hydrogen-bond acceptors (Lipinski definition) is 4. The Kier molecular flexibility index (Phi) is 3.10. The lowest BCUT2D eigenvalue weighted by Gasteiger charge is -2.12. The Morgan fingerprint density at radius 1 is 1.50 bits per heavy atom. The number of hydrogen-bond donors (Lipinski definition) is 1. The van der Waals surface area contributed by atoms with Gasteiger partial charge in [0.15, 0.2) is 0 Å². The van der Waals surface area contributed by atoms with Gasteiger partial charge in [-0.05, 0) is 12.1 Å². The predicted molar refractivity (Wildman–Crippen MR) is 69.4 cm³/mol. The highest BCUT2D eigenvalue weighted by atomic mass is 16.5. The number of carbonyl (C=O) groups excluding carboxylic acids is 1. The van der Waals surface area contributed by atoms with Crippen LogP contribution in [0.1, 0.15) is 0 Å². The molecule has 6 nitrogen and oxygen atoms in total. The molecule has 0 radical (unpaired) electrons. The number of rotatable bonds is 3. The molecule has 0 aliphatic heterocycles. The number of benzene rings is 1. The number of nitrogen functional groups attached to an aromatic ring is 1. The molecule has 2 rings (SSSR count). The van der Waals surface area contributed by atoms with Crippen molar-refractivity contribution >= 4 is 22.9 Å². The van der Waals surface area contributed by atoms with Crippen molar-refractivity contribution in [2.75, 3.05) is 26.9 Å². The van der Waals surface area contributed by atoms with E-state index in [4.69, 9.17) is 10.5 Å². The molecule has 0 bridgehead atoms. The fourth-order valence-corrected chi connectivity index (χ4v) is 1.70. The Hall–Kier alpha value is -2.24. The zero-order valence-corrected chi connectivity index (χ0v) is 10.7. The SMILES string of the molecule is COc1ccc2c(c1)nc(N)n2CC(=O)N(C)C. The van der Waals surface area contributed by atoms with Crippen LogP contribution < -0.4 is 10.5 Å². The van der Waals surface area contributed by atoms with E-state index in [0.717, 1.165) is 11.0 Å². The van der Waals surface area contributed by atoms with E-state index in [2.05, 4.69) is 4.98 Å². The Balaban J connectivity index is 2.44. The largest absolute Gasteiger partial charge is 0.497 e. The third-order valence-corrected chi connectivity index (χ3v) is 2.78. The Morgan fingerprint density at radius 2 is 2.22 bits per heavy atom. The van der Waals surface area contributed by atoms with Crippen molar-refractivity contribution in [2.24, 2.45) is 0 Å². The number of anilines is 1. The van der Waals surface area contributed by atoms with E-state index in [-0.39, 0.29) is 12.5 Å². The van der Waals surface area contributed by atoms with Crippen molar-refractivity contribution in [3.05, 3.63) is 18.2 Å². The molecule has 0 unspecified atom stereocenters. The van der Waals surface area contributed by atoms with Crippen LogP contribution in [0.5, 0.6) is 5.75 Å². The van der Waals surface area contributed by atoms with E-state index in [1.807, 2.05) is 12.1 Å². The lowest BCUT2D eigenvalue weighted by atomic mass is 10.3. The van der Waals surface area contributed by atoms with E-state index in [1.54, 1.807) is 31.8 Å². The van der Waals surface area contributed by atoms with E-state index in [1.165, 1.54) is 4.90 Å². The van der Waals surface area contributed by atoms with Crippen LogP contribution in [0.15, 0.2) is 18.2 Å². The molecule has 0 fully saturated rings. The molecule has 6 heteroatoms. The second-order valence-electron chi connectivity index (χ2n) is 4.20. The number of amides is 1. The Morgan fingerprint density at radius 3 is 2.83 bits per heavy atom. The molecule has 2 N–H and O–H groups in total. The van der Waals surface area contributed by atoms with Gasteiger partial charge in [-0.3, -0.25) is 4.79 Å². The van der Waals surface area contributed by atoms with E-state index in [9.17, 15) is 4.79 Å². The van der Waals surface area contributed by atoms with Crippen molar-refractivity contribution in [1.29, 1.82) is 0 Å². The second-order valence-corrected chi connectivity index (χ2v) is 4.20. The van der Waals surface area contributed by atoms with Gasteiger partial charge < -0.3 is 19.9 Å². The summed E-state index contributed by atoms with van der Waals surface area (Å²) in [5.41, 5.74) is 7.38. The summed E-state index contributed by atoms with van der Waals surface area (Å²) in [7, 11) is 5.01. The summed E-state index contributed by atoms with van der Waals surface area (Å²) in [5.74, 6) is 1.01. The molecule has 0 atom stereocenters. The molecule has 0 aliphatic rings. The number of nitrogens with zero attached hydrogens (tertiary/aromatic N) is 3. The molecule has 0 saturated carbocycles. The molecule has 2 aromatic rings. The lowest BCUT2D eigenvalue weighted by Crippen LogP contribution is -2.26. The normalized spacial score (nSPS) is 10.6. The van der Waals surface area contributed by atoms with Crippen LogP contribution in [0, 0.1) is 0 Å². The minimum Gasteiger partial charge on any atom is -0.497 e. The first-order chi connectivity index (χ1) is 8.52. The summed E-state index contributed by atoms with van der Waals surface area (Å²) in [6, 6.07) is 5.46. The summed E-state index contributed by atoms with van der Waals surface area (Å²) in [6.45, 7) is 0.182. The molecule has 1 amide bonds. The highest BCUT2D eigenvalue weighted by molar-refractivity contribution is 5.83. The minimum absolute atomic E-state index is 0.0307. The van der Waals surface area contributed by atoms with Crippen LogP contribution in [-0.2, 0) is 11.3 Å². The van der Waals surface area contributed by atoms with Gasteiger partial charge >= 0.3 is 0 Å².